The fraction of sp³-hybridized carbons (Fsp3) is 0.105. The van der Waals surface area contributed by atoms with Gasteiger partial charge in [0.15, 0.2) is 5.58 Å². The zero-order chi connectivity index (χ0) is 14.9. The molecule has 0 spiro atoms. The van der Waals surface area contributed by atoms with Gasteiger partial charge in [0, 0.05) is 10.5 Å². The first kappa shape index (κ1) is 13.4. The van der Waals surface area contributed by atoms with Crippen molar-refractivity contribution in [3.63, 3.8) is 0 Å². The van der Waals surface area contributed by atoms with Gasteiger partial charge in [-0.3, -0.25) is 0 Å². The van der Waals surface area contributed by atoms with Crippen LogP contribution in [0.15, 0.2) is 70.0 Å². The van der Waals surface area contributed by atoms with Gasteiger partial charge in [-0.15, -0.1) is 11.8 Å². The van der Waals surface area contributed by atoms with E-state index < -0.39 is 0 Å². The molecule has 0 aliphatic carbocycles. The van der Waals surface area contributed by atoms with Gasteiger partial charge in [0.05, 0.1) is 0 Å². The summed E-state index contributed by atoms with van der Waals surface area (Å²) >= 11 is 1.82. The van der Waals surface area contributed by atoms with E-state index in [9.17, 15) is 0 Å². The van der Waals surface area contributed by atoms with Crippen molar-refractivity contribution in [2.75, 3.05) is 5.75 Å². The molecule has 4 aromatic rings. The van der Waals surface area contributed by atoms with E-state index in [0.29, 0.717) is 5.89 Å². The van der Waals surface area contributed by atoms with Crippen molar-refractivity contribution in [2.24, 2.45) is 0 Å². The second-order valence-corrected chi connectivity index (χ2v) is 6.48. The molecule has 0 unspecified atom stereocenters. The van der Waals surface area contributed by atoms with Crippen LogP contribution in [0, 0.1) is 0 Å². The number of thioether (sulfide) groups is 1. The van der Waals surface area contributed by atoms with Crippen LogP contribution < -0.4 is 0 Å². The summed E-state index contributed by atoms with van der Waals surface area (Å²) < 4.78 is 5.92. The van der Waals surface area contributed by atoms with Crippen molar-refractivity contribution in [3.8, 4) is 11.5 Å². The summed E-state index contributed by atoms with van der Waals surface area (Å²) in [4.78, 5) is 5.88. The van der Waals surface area contributed by atoms with Crippen molar-refractivity contribution in [1.29, 1.82) is 0 Å². The predicted octanol–water partition coefficient (Wildman–Crippen LogP) is 5.76. The van der Waals surface area contributed by atoms with Crippen LogP contribution >= 0.6 is 11.8 Å². The molecule has 1 aromatic heterocycles. The van der Waals surface area contributed by atoms with Gasteiger partial charge in [-0.05, 0) is 46.9 Å². The number of hydrogen-bond donors (Lipinski definition) is 0. The van der Waals surface area contributed by atoms with Gasteiger partial charge in [0.25, 0.3) is 0 Å². The Morgan fingerprint density at radius 1 is 0.955 bits per heavy atom. The first-order valence-electron chi connectivity index (χ1n) is 7.36. The fourth-order valence-corrected chi connectivity index (χ4v) is 3.30. The highest BCUT2D eigenvalue weighted by Gasteiger charge is 2.09. The lowest BCUT2D eigenvalue weighted by atomic mass is 10.1. The normalized spacial score (nSPS) is 11.3. The molecule has 0 saturated carbocycles. The van der Waals surface area contributed by atoms with Gasteiger partial charge in [0.1, 0.15) is 5.52 Å². The summed E-state index contributed by atoms with van der Waals surface area (Å²) in [7, 11) is 0. The van der Waals surface area contributed by atoms with Crippen LogP contribution in [0.3, 0.4) is 0 Å². The largest absolute Gasteiger partial charge is 0.436 e. The Morgan fingerprint density at radius 2 is 1.82 bits per heavy atom. The molecule has 1 heterocycles. The monoisotopic (exact) mass is 305 g/mol. The number of rotatable bonds is 3. The Bertz CT molecular complexity index is 958. The lowest BCUT2D eigenvalue weighted by molar-refractivity contribution is 0.620. The summed E-state index contributed by atoms with van der Waals surface area (Å²) in [6, 6.07) is 20.8. The maximum Gasteiger partial charge on any atom is 0.227 e. The third-order valence-corrected chi connectivity index (χ3v) is 4.54. The Balaban J connectivity index is 1.81. The van der Waals surface area contributed by atoms with E-state index in [1.165, 1.54) is 15.7 Å². The molecular weight excluding hydrogens is 290 g/mol. The molecular formula is C19H15NOS. The third-order valence-electron chi connectivity index (χ3n) is 3.67. The molecule has 0 fully saturated rings. The van der Waals surface area contributed by atoms with Gasteiger partial charge in [-0.1, -0.05) is 37.3 Å². The fourth-order valence-electron chi connectivity index (χ4n) is 2.61. The lowest BCUT2D eigenvalue weighted by Crippen LogP contribution is -1.78. The number of benzene rings is 3. The van der Waals surface area contributed by atoms with Crippen molar-refractivity contribution in [2.45, 2.75) is 11.8 Å². The van der Waals surface area contributed by atoms with Crippen molar-refractivity contribution < 1.29 is 4.42 Å². The Labute approximate surface area is 133 Å². The zero-order valence-corrected chi connectivity index (χ0v) is 13.1. The molecule has 0 atom stereocenters. The van der Waals surface area contributed by atoms with Crippen molar-refractivity contribution in [3.05, 3.63) is 60.7 Å². The molecule has 4 rings (SSSR count). The van der Waals surface area contributed by atoms with Crippen LogP contribution in [0.1, 0.15) is 6.92 Å². The first-order valence-corrected chi connectivity index (χ1v) is 8.34. The Hall–Kier alpha value is -2.26. The first-order chi connectivity index (χ1) is 10.8. The Kier molecular flexibility index (Phi) is 3.35. The highest BCUT2D eigenvalue weighted by atomic mass is 32.2. The minimum absolute atomic E-state index is 0.680. The van der Waals surface area contributed by atoms with Crippen molar-refractivity contribution in [1.82, 2.24) is 4.98 Å². The topological polar surface area (TPSA) is 26.0 Å². The number of oxazole rings is 1. The van der Waals surface area contributed by atoms with Crippen LogP contribution in [-0.4, -0.2) is 10.7 Å². The third kappa shape index (κ3) is 2.38. The van der Waals surface area contributed by atoms with E-state index in [-0.39, 0.29) is 0 Å². The lowest BCUT2D eigenvalue weighted by Gasteiger charge is -1.99. The molecule has 22 heavy (non-hydrogen) atoms. The molecule has 3 aromatic carbocycles. The quantitative estimate of drug-likeness (QED) is 0.450. The number of aromatic nitrogens is 1. The minimum Gasteiger partial charge on any atom is -0.436 e. The average Bonchev–Trinajstić information content (AvgIpc) is 2.98. The standard InChI is InChI=1S/C19H15NOS/c1-2-22-16-9-10-18-17(12-16)20-19(21-18)15-8-7-13-5-3-4-6-14(13)11-15/h3-12H,2H2,1H3. The molecule has 3 heteroatoms. The van der Waals surface area contributed by atoms with Gasteiger partial charge in [0.2, 0.25) is 5.89 Å². The molecule has 0 amide bonds. The van der Waals surface area contributed by atoms with Gasteiger partial charge >= 0.3 is 0 Å². The van der Waals surface area contributed by atoms with E-state index in [0.717, 1.165) is 22.4 Å². The molecule has 0 aliphatic rings. The van der Waals surface area contributed by atoms with Crippen LogP contribution in [-0.2, 0) is 0 Å². The number of nitrogens with zero attached hydrogens (tertiary/aromatic N) is 1. The molecule has 0 N–H and O–H groups in total. The maximum absolute atomic E-state index is 5.92. The Morgan fingerprint density at radius 3 is 2.68 bits per heavy atom. The molecule has 2 nitrogen and oxygen atoms in total. The molecule has 0 bridgehead atoms. The van der Waals surface area contributed by atoms with Crippen molar-refractivity contribution >= 4 is 33.6 Å². The summed E-state index contributed by atoms with van der Waals surface area (Å²) in [6.45, 7) is 2.15. The molecule has 0 radical (unpaired) electrons. The van der Waals surface area contributed by atoms with E-state index in [2.05, 4.69) is 54.4 Å². The van der Waals surface area contributed by atoms with E-state index in [1.807, 2.05) is 30.0 Å². The van der Waals surface area contributed by atoms with Gasteiger partial charge in [-0.25, -0.2) is 4.98 Å². The molecule has 0 saturated heterocycles. The van der Waals surface area contributed by atoms with E-state index >= 15 is 0 Å². The van der Waals surface area contributed by atoms with E-state index in [4.69, 9.17) is 4.42 Å². The SMILES string of the molecule is CCSc1ccc2oc(-c3ccc4ccccc4c3)nc2c1. The smallest absolute Gasteiger partial charge is 0.227 e. The molecule has 108 valence electrons. The van der Waals surface area contributed by atoms with Gasteiger partial charge in [-0.2, -0.15) is 0 Å². The minimum atomic E-state index is 0.680. The van der Waals surface area contributed by atoms with Crippen LogP contribution in [0.5, 0.6) is 0 Å². The van der Waals surface area contributed by atoms with Crippen LogP contribution in [0.25, 0.3) is 33.3 Å². The van der Waals surface area contributed by atoms with Crippen LogP contribution in [0.2, 0.25) is 0 Å². The summed E-state index contributed by atoms with van der Waals surface area (Å²) in [5.41, 5.74) is 2.77. The van der Waals surface area contributed by atoms with Gasteiger partial charge < -0.3 is 4.42 Å². The number of fused-ring (bicyclic) bond motifs is 2. The second-order valence-electron chi connectivity index (χ2n) is 5.14. The maximum atomic E-state index is 5.92. The summed E-state index contributed by atoms with van der Waals surface area (Å²) in [5, 5.41) is 2.42. The number of hydrogen-bond acceptors (Lipinski definition) is 3. The summed E-state index contributed by atoms with van der Waals surface area (Å²) in [6.07, 6.45) is 0. The van der Waals surface area contributed by atoms with Crippen LogP contribution in [0.4, 0.5) is 0 Å². The molecule has 0 aliphatic heterocycles. The summed E-state index contributed by atoms with van der Waals surface area (Å²) in [5.74, 6) is 1.74. The highest BCUT2D eigenvalue weighted by Crippen LogP contribution is 2.29. The zero-order valence-electron chi connectivity index (χ0n) is 12.2. The average molecular weight is 305 g/mol. The second kappa shape index (κ2) is 5.50. The van der Waals surface area contributed by atoms with E-state index in [1.54, 1.807) is 0 Å². The predicted molar refractivity (Wildman–Crippen MR) is 93.3 cm³/mol. The highest BCUT2D eigenvalue weighted by molar-refractivity contribution is 7.99.